The van der Waals surface area contributed by atoms with Gasteiger partial charge in [-0.2, -0.15) is 0 Å². The molecular formula is C15H18N2O5. The van der Waals surface area contributed by atoms with Crippen LogP contribution in [0.3, 0.4) is 0 Å². The van der Waals surface area contributed by atoms with E-state index in [2.05, 4.69) is 5.32 Å². The van der Waals surface area contributed by atoms with E-state index in [-0.39, 0.29) is 18.4 Å². The van der Waals surface area contributed by atoms with Crippen molar-refractivity contribution in [2.24, 2.45) is 0 Å². The fourth-order valence-electron chi connectivity index (χ4n) is 3.12. The fraction of sp³-hybridized carbons (Fsp3) is 0.467. The Kier molecular flexibility index (Phi) is 3.56. The van der Waals surface area contributed by atoms with Gasteiger partial charge in [-0.1, -0.05) is 0 Å². The van der Waals surface area contributed by atoms with Gasteiger partial charge in [-0.15, -0.1) is 0 Å². The van der Waals surface area contributed by atoms with Gasteiger partial charge in [0, 0.05) is 23.6 Å². The SMILES string of the molecule is COc1cc(OC)c(OC)c2c1CC1C(=O)NCC(=O)N1C2. The number of hydrogen-bond donors (Lipinski definition) is 1. The van der Waals surface area contributed by atoms with Crippen LogP contribution in [-0.4, -0.2) is 50.6 Å². The Balaban J connectivity index is 2.14. The Morgan fingerprint density at radius 2 is 1.82 bits per heavy atom. The van der Waals surface area contributed by atoms with Crippen LogP contribution in [0.4, 0.5) is 0 Å². The van der Waals surface area contributed by atoms with Gasteiger partial charge in [-0.05, 0) is 0 Å². The molecule has 7 nitrogen and oxygen atoms in total. The summed E-state index contributed by atoms with van der Waals surface area (Å²) < 4.78 is 16.2. The van der Waals surface area contributed by atoms with Gasteiger partial charge in [0.2, 0.25) is 11.8 Å². The molecule has 1 unspecified atom stereocenters. The summed E-state index contributed by atoms with van der Waals surface area (Å²) in [6, 6.07) is 1.25. The van der Waals surface area contributed by atoms with Crippen molar-refractivity contribution in [2.75, 3.05) is 27.9 Å². The topological polar surface area (TPSA) is 77.1 Å². The van der Waals surface area contributed by atoms with Crippen LogP contribution in [-0.2, 0) is 22.6 Å². The van der Waals surface area contributed by atoms with Crippen LogP contribution in [0.25, 0.3) is 0 Å². The Morgan fingerprint density at radius 3 is 2.45 bits per heavy atom. The molecule has 0 aromatic heterocycles. The number of ether oxygens (including phenoxy) is 3. The highest BCUT2D eigenvalue weighted by atomic mass is 16.5. The van der Waals surface area contributed by atoms with Gasteiger partial charge < -0.3 is 24.4 Å². The molecule has 2 amide bonds. The molecule has 1 fully saturated rings. The monoisotopic (exact) mass is 306 g/mol. The number of hydrogen-bond acceptors (Lipinski definition) is 5. The van der Waals surface area contributed by atoms with E-state index in [1.54, 1.807) is 32.3 Å². The van der Waals surface area contributed by atoms with Crippen LogP contribution >= 0.6 is 0 Å². The van der Waals surface area contributed by atoms with E-state index < -0.39 is 6.04 Å². The quantitative estimate of drug-likeness (QED) is 0.857. The van der Waals surface area contributed by atoms with Crippen molar-refractivity contribution in [2.45, 2.75) is 19.0 Å². The minimum Gasteiger partial charge on any atom is -0.496 e. The molecule has 2 heterocycles. The van der Waals surface area contributed by atoms with Crippen molar-refractivity contribution in [3.8, 4) is 17.2 Å². The van der Waals surface area contributed by atoms with E-state index in [0.29, 0.717) is 30.2 Å². The number of carbonyl (C=O) groups is 2. The summed E-state index contributed by atoms with van der Waals surface area (Å²) in [4.78, 5) is 25.7. The number of amides is 2. The molecule has 0 spiro atoms. The van der Waals surface area contributed by atoms with Crippen molar-refractivity contribution in [3.05, 3.63) is 17.2 Å². The molecule has 0 bridgehead atoms. The summed E-state index contributed by atoms with van der Waals surface area (Å²) >= 11 is 0. The van der Waals surface area contributed by atoms with Crippen LogP contribution in [0.1, 0.15) is 11.1 Å². The van der Waals surface area contributed by atoms with Gasteiger partial charge >= 0.3 is 0 Å². The van der Waals surface area contributed by atoms with Gasteiger partial charge in [-0.3, -0.25) is 9.59 Å². The van der Waals surface area contributed by atoms with E-state index in [9.17, 15) is 9.59 Å². The third kappa shape index (κ3) is 2.04. The standard InChI is InChI=1S/C15H18N2O5/c1-20-11-5-12(21-2)14(22-3)9-7-17-10(4-8(9)11)15(19)16-6-13(17)18/h5,10H,4,6-7H2,1-3H3,(H,16,19). The van der Waals surface area contributed by atoms with Crippen molar-refractivity contribution >= 4 is 11.8 Å². The Hall–Kier alpha value is -2.44. The second kappa shape index (κ2) is 5.40. The lowest BCUT2D eigenvalue weighted by molar-refractivity contribution is -0.146. The number of rotatable bonds is 3. The number of benzene rings is 1. The molecule has 1 saturated heterocycles. The Labute approximate surface area is 128 Å². The highest BCUT2D eigenvalue weighted by molar-refractivity contribution is 5.95. The van der Waals surface area contributed by atoms with Crippen LogP contribution in [0.2, 0.25) is 0 Å². The summed E-state index contributed by atoms with van der Waals surface area (Å²) in [6.07, 6.45) is 0.399. The van der Waals surface area contributed by atoms with E-state index in [1.807, 2.05) is 0 Å². The maximum Gasteiger partial charge on any atom is 0.243 e. The van der Waals surface area contributed by atoms with Gasteiger partial charge in [0.15, 0.2) is 11.5 Å². The first kappa shape index (κ1) is 14.5. The van der Waals surface area contributed by atoms with Crippen LogP contribution in [0, 0.1) is 0 Å². The Bertz CT molecular complexity index is 643. The van der Waals surface area contributed by atoms with Crippen molar-refractivity contribution < 1.29 is 23.8 Å². The lowest BCUT2D eigenvalue weighted by atomic mass is 9.90. The predicted octanol–water partition coefficient (Wildman–Crippen LogP) is 0.0955. The van der Waals surface area contributed by atoms with E-state index in [0.717, 1.165) is 11.1 Å². The average Bonchev–Trinajstić information content (AvgIpc) is 2.55. The van der Waals surface area contributed by atoms with Gasteiger partial charge in [0.1, 0.15) is 11.8 Å². The third-order valence-electron chi connectivity index (χ3n) is 4.20. The van der Waals surface area contributed by atoms with Gasteiger partial charge in [-0.25, -0.2) is 0 Å². The first-order valence-electron chi connectivity index (χ1n) is 6.98. The first-order chi connectivity index (χ1) is 10.6. The van der Waals surface area contributed by atoms with Crippen LogP contribution in [0.5, 0.6) is 17.2 Å². The molecule has 2 aliphatic rings. The average molecular weight is 306 g/mol. The zero-order valence-corrected chi connectivity index (χ0v) is 12.8. The van der Waals surface area contributed by atoms with Gasteiger partial charge in [0.05, 0.1) is 34.4 Å². The number of methoxy groups -OCH3 is 3. The molecule has 3 rings (SSSR count). The predicted molar refractivity (Wildman–Crippen MR) is 77.1 cm³/mol. The molecule has 0 saturated carbocycles. The van der Waals surface area contributed by atoms with Gasteiger partial charge in [0.25, 0.3) is 0 Å². The minimum atomic E-state index is -0.499. The lowest BCUT2D eigenvalue weighted by Crippen LogP contribution is -2.60. The molecule has 2 aliphatic heterocycles. The molecule has 22 heavy (non-hydrogen) atoms. The second-order valence-corrected chi connectivity index (χ2v) is 5.23. The lowest BCUT2D eigenvalue weighted by Gasteiger charge is -2.40. The third-order valence-corrected chi connectivity index (χ3v) is 4.20. The van der Waals surface area contributed by atoms with Crippen LogP contribution in [0.15, 0.2) is 6.07 Å². The van der Waals surface area contributed by atoms with E-state index in [1.165, 1.54) is 0 Å². The zero-order chi connectivity index (χ0) is 15.9. The summed E-state index contributed by atoms with van der Waals surface area (Å²) in [6.45, 7) is 0.344. The maximum atomic E-state index is 12.1. The number of nitrogens with zero attached hydrogens (tertiary/aromatic N) is 1. The molecule has 1 N–H and O–H groups in total. The largest absolute Gasteiger partial charge is 0.496 e. The van der Waals surface area contributed by atoms with E-state index >= 15 is 0 Å². The molecule has 1 atom stereocenters. The molecule has 1 aromatic carbocycles. The fourth-order valence-corrected chi connectivity index (χ4v) is 3.12. The molecule has 1 aromatic rings. The summed E-state index contributed by atoms with van der Waals surface area (Å²) in [5.74, 6) is 1.53. The van der Waals surface area contributed by atoms with Crippen molar-refractivity contribution in [1.29, 1.82) is 0 Å². The summed E-state index contributed by atoms with van der Waals surface area (Å²) in [7, 11) is 4.68. The van der Waals surface area contributed by atoms with Crippen molar-refractivity contribution in [1.82, 2.24) is 10.2 Å². The van der Waals surface area contributed by atoms with Crippen LogP contribution < -0.4 is 19.5 Å². The molecule has 0 radical (unpaired) electrons. The summed E-state index contributed by atoms with van der Waals surface area (Å²) in [5.41, 5.74) is 1.71. The normalized spacial score (nSPS) is 20.0. The number of piperazine rings is 1. The molecule has 118 valence electrons. The highest BCUT2D eigenvalue weighted by Crippen LogP contribution is 2.43. The smallest absolute Gasteiger partial charge is 0.243 e. The highest BCUT2D eigenvalue weighted by Gasteiger charge is 2.40. The number of fused-ring (bicyclic) bond motifs is 2. The molecular weight excluding hydrogens is 288 g/mol. The first-order valence-corrected chi connectivity index (χ1v) is 6.98. The van der Waals surface area contributed by atoms with Crippen molar-refractivity contribution in [3.63, 3.8) is 0 Å². The van der Waals surface area contributed by atoms with E-state index in [4.69, 9.17) is 14.2 Å². The molecule has 7 heteroatoms. The second-order valence-electron chi connectivity index (χ2n) is 5.23. The summed E-state index contributed by atoms with van der Waals surface area (Å²) in [5, 5.41) is 2.62. The zero-order valence-electron chi connectivity index (χ0n) is 12.8. The maximum absolute atomic E-state index is 12.1. The molecule has 0 aliphatic carbocycles. The minimum absolute atomic E-state index is 0.0358. The Morgan fingerprint density at radius 1 is 1.09 bits per heavy atom. The number of nitrogens with one attached hydrogen (secondary N) is 1. The number of carbonyl (C=O) groups excluding carboxylic acids is 2.